The van der Waals surface area contributed by atoms with E-state index in [9.17, 15) is 9.59 Å². The summed E-state index contributed by atoms with van der Waals surface area (Å²) in [4.78, 5) is 26.2. The predicted molar refractivity (Wildman–Crippen MR) is 178 cm³/mol. The van der Waals surface area contributed by atoms with Gasteiger partial charge >= 0.3 is 12.1 Å². The number of nitrogens with one attached hydrogen (secondary N) is 1. The highest BCUT2D eigenvalue weighted by molar-refractivity contribution is 7.59. The second kappa shape index (κ2) is 13.4. The number of amides is 1. The molecule has 0 aromatic heterocycles. The van der Waals surface area contributed by atoms with E-state index in [-0.39, 0.29) is 37.8 Å². The highest BCUT2D eigenvalue weighted by Crippen LogP contribution is 2.61. The minimum atomic E-state index is -3.62. The highest BCUT2D eigenvalue weighted by atomic mass is 31.2. The van der Waals surface area contributed by atoms with Crippen LogP contribution in [0.15, 0.2) is 78.9 Å². The summed E-state index contributed by atoms with van der Waals surface area (Å²) in [6, 6.07) is 26.2. The summed E-state index contributed by atoms with van der Waals surface area (Å²) in [5.74, 6) is 0.873. The molecule has 8 rings (SSSR count). The smallest absolute Gasteiger partial charge is 0.407 e. The third-order valence-electron chi connectivity index (χ3n) is 10.7. The van der Waals surface area contributed by atoms with Gasteiger partial charge in [-0.1, -0.05) is 78.9 Å². The van der Waals surface area contributed by atoms with Crippen molar-refractivity contribution in [3.05, 3.63) is 95.6 Å². The lowest BCUT2D eigenvalue weighted by atomic mass is 9.55. The van der Waals surface area contributed by atoms with Crippen molar-refractivity contribution in [3.8, 4) is 11.1 Å². The first-order valence-corrected chi connectivity index (χ1v) is 18.9. The summed E-state index contributed by atoms with van der Waals surface area (Å²) in [7, 11) is -3.62. The Labute approximate surface area is 271 Å². The van der Waals surface area contributed by atoms with Crippen LogP contribution in [0.5, 0.6) is 0 Å². The Hall–Kier alpha value is -3.41. The van der Waals surface area contributed by atoms with Gasteiger partial charge in [-0.15, -0.1) is 0 Å². The molecule has 242 valence electrons. The molecule has 5 aliphatic rings. The lowest BCUT2D eigenvalue weighted by molar-refractivity contribution is -0.142. The molecule has 4 bridgehead atoms. The molecule has 0 spiro atoms. The lowest BCUT2D eigenvalue weighted by Gasteiger charge is -2.54. The van der Waals surface area contributed by atoms with Gasteiger partial charge in [-0.2, -0.15) is 0 Å². The monoisotopic (exact) mass is 641 g/mol. The zero-order valence-corrected chi connectivity index (χ0v) is 27.4. The number of carbonyl (C=O) groups excluding carboxylic acids is 2. The Morgan fingerprint density at radius 1 is 0.804 bits per heavy atom. The Morgan fingerprint density at radius 2 is 1.39 bits per heavy atom. The third-order valence-corrected chi connectivity index (χ3v) is 13.5. The normalized spacial score (nSPS) is 26.1. The summed E-state index contributed by atoms with van der Waals surface area (Å²) < 4.78 is 33.2. The largest absolute Gasteiger partial charge is 0.466 e. The number of benzene rings is 3. The van der Waals surface area contributed by atoms with Gasteiger partial charge in [0, 0.05) is 18.5 Å². The maximum atomic E-state index is 15.2. The topological polar surface area (TPSA) is 90.9 Å². The summed E-state index contributed by atoms with van der Waals surface area (Å²) in [5, 5.41) is 3.01. The van der Waals surface area contributed by atoms with Crippen LogP contribution in [0.25, 0.3) is 11.1 Å². The van der Waals surface area contributed by atoms with E-state index in [2.05, 4.69) is 29.6 Å². The van der Waals surface area contributed by atoms with Crippen LogP contribution in [0.3, 0.4) is 0 Å². The first-order chi connectivity index (χ1) is 22.4. The van der Waals surface area contributed by atoms with Crippen molar-refractivity contribution in [2.24, 2.45) is 23.7 Å². The van der Waals surface area contributed by atoms with Gasteiger partial charge in [0.2, 0.25) is 7.37 Å². The number of ether oxygens (including phenoxy) is 2. The van der Waals surface area contributed by atoms with Gasteiger partial charge in [-0.25, -0.2) is 4.79 Å². The lowest BCUT2D eigenvalue weighted by Crippen LogP contribution is -2.50. The Kier molecular flexibility index (Phi) is 9.07. The number of fused-ring (bicyclic) bond motifs is 3. The van der Waals surface area contributed by atoms with Crippen molar-refractivity contribution in [1.29, 1.82) is 0 Å². The molecule has 3 aromatic carbocycles. The zero-order chi connectivity index (χ0) is 31.7. The fraction of sp³-hybridized carbons (Fsp3) is 0.474. The number of hydrogen-bond donors (Lipinski definition) is 1. The Balaban J connectivity index is 1.13. The molecule has 5 aliphatic carbocycles. The molecule has 0 aliphatic heterocycles. The van der Waals surface area contributed by atoms with E-state index in [0.29, 0.717) is 18.3 Å². The minimum Gasteiger partial charge on any atom is -0.466 e. The van der Waals surface area contributed by atoms with E-state index in [1.165, 1.54) is 6.42 Å². The average molecular weight is 642 g/mol. The molecule has 0 radical (unpaired) electrons. The molecule has 4 saturated carbocycles. The molecule has 1 amide bonds. The molecule has 8 heteroatoms. The van der Waals surface area contributed by atoms with Crippen LogP contribution < -0.4 is 5.32 Å². The number of hydrogen-bond acceptors (Lipinski definition) is 6. The molecule has 0 heterocycles. The van der Waals surface area contributed by atoms with Gasteiger partial charge in [0.15, 0.2) is 0 Å². The van der Waals surface area contributed by atoms with Crippen molar-refractivity contribution in [2.75, 3.05) is 19.4 Å². The summed E-state index contributed by atoms with van der Waals surface area (Å²) in [6.45, 7) is 2.17. The highest BCUT2D eigenvalue weighted by Gasteiger charge is 2.52. The van der Waals surface area contributed by atoms with Crippen molar-refractivity contribution >= 4 is 19.4 Å². The van der Waals surface area contributed by atoms with Crippen molar-refractivity contribution in [1.82, 2.24) is 5.32 Å². The fourth-order valence-electron chi connectivity index (χ4n) is 8.92. The van der Waals surface area contributed by atoms with Crippen LogP contribution in [-0.4, -0.2) is 43.3 Å². The molecule has 3 aromatic rings. The van der Waals surface area contributed by atoms with Gasteiger partial charge < -0.3 is 19.3 Å². The van der Waals surface area contributed by atoms with Crippen molar-refractivity contribution in [3.63, 3.8) is 0 Å². The van der Waals surface area contributed by atoms with E-state index in [1.54, 1.807) is 6.92 Å². The van der Waals surface area contributed by atoms with E-state index in [0.717, 1.165) is 65.3 Å². The van der Waals surface area contributed by atoms with Crippen LogP contribution in [0, 0.1) is 23.7 Å². The molecular formula is C38H44NO6P. The number of alkyl carbamates (subject to hydrolysis) is 1. The van der Waals surface area contributed by atoms with Crippen LogP contribution in [0.1, 0.15) is 68.1 Å². The summed E-state index contributed by atoms with van der Waals surface area (Å²) >= 11 is 0. The van der Waals surface area contributed by atoms with Crippen LogP contribution in [-0.2, 0) is 29.8 Å². The molecule has 1 N–H and O–H groups in total. The third kappa shape index (κ3) is 6.41. The first kappa shape index (κ1) is 31.2. The van der Waals surface area contributed by atoms with Crippen molar-refractivity contribution < 1.29 is 28.2 Å². The Morgan fingerprint density at radius 3 is 2.00 bits per heavy atom. The summed E-state index contributed by atoms with van der Waals surface area (Å²) in [6.07, 6.45) is 5.27. The first-order valence-electron chi connectivity index (χ1n) is 17.0. The van der Waals surface area contributed by atoms with Gasteiger partial charge in [-0.3, -0.25) is 9.36 Å². The van der Waals surface area contributed by atoms with Gasteiger partial charge in [0.25, 0.3) is 0 Å². The average Bonchev–Trinajstić information content (AvgIpc) is 3.38. The number of esters is 1. The molecule has 1 unspecified atom stereocenters. The molecular weight excluding hydrogens is 597 g/mol. The van der Waals surface area contributed by atoms with E-state index < -0.39 is 25.2 Å². The van der Waals surface area contributed by atoms with E-state index in [1.807, 2.05) is 54.6 Å². The maximum Gasteiger partial charge on any atom is 0.407 e. The van der Waals surface area contributed by atoms with Gasteiger partial charge in [0.1, 0.15) is 12.4 Å². The SMILES string of the molecule is CCOC(=O)CCP(=O)(OC1C2CC3CC(C2)CC1C3)[C@H](Cc1ccccc1)NC(=O)OCC1c2ccccc2-c2ccccc21. The zero-order valence-electron chi connectivity index (χ0n) is 26.5. The Bertz CT molecular complexity index is 1530. The van der Waals surface area contributed by atoms with E-state index in [4.69, 9.17) is 14.0 Å². The second-order valence-corrected chi connectivity index (χ2v) is 16.4. The van der Waals surface area contributed by atoms with Gasteiger partial charge in [-0.05, 0) is 90.5 Å². The maximum absolute atomic E-state index is 15.2. The predicted octanol–water partition coefficient (Wildman–Crippen LogP) is 8.17. The quantitative estimate of drug-likeness (QED) is 0.159. The standard InChI is InChI=1S/C38H44NO6P/c1-2-43-36(40)16-17-46(42,45-37-28-19-26-18-27(21-28)22-29(37)20-26)35(23-25-10-4-3-5-11-25)39-38(41)44-24-34-32-14-8-6-12-30(32)31-13-7-9-15-33(31)34/h3-15,26-29,34-35,37H,2,16-24H2,1H3,(H,39,41)/t26?,27?,28?,29?,35-,37?,46?/m1/s1. The molecule has 46 heavy (non-hydrogen) atoms. The van der Waals surface area contributed by atoms with Crippen LogP contribution >= 0.6 is 7.37 Å². The fourth-order valence-corrected chi connectivity index (χ4v) is 11.5. The van der Waals surface area contributed by atoms with E-state index >= 15 is 4.57 Å². The number of rotatable bonds is 12. The van der Waals surface area contributed by atoms with Crippen molar-refractivity contribution in [2.45, 2.75) is 69.7 Å². The second-order valence-electron chi connectivity index (χ2n) is 13.7. The van der Waals surface area contributed by atoms with Gasteiger partial charge in [0.05, 0.1) is 19.1 Å². The number of carbonyl (C=O) groups is 2. The van der Waals surface area contributed by atoms with Crippen LogP contribution in [0.4, 0.5) is 4.79 Å². The van der Waals surface area contributed by atoms with Crippen LogP contribution in [0.2, 0.25) is 0 Å². The molecule has 2 atom stereocenters. The minimum absolute atomic E-state index is 0.00971. The summed E-state index contributed by atoms with van der Waals surface area (Å²) in [5.41, 5.74) is 5.49. The molecule has 7 nitrogen and oxygen atoms in total. The molecule has 0 saturated heterocycles. The molecule has 4 fully saturated rings.